The quantitative estimate of drug-likeness (QED) is 0.527. The van der Waals surface area contributed by atoms with E-state index in [1.807, 2.05) is 6.92 Å². The van der Waals surface area contributed by atoms with E-state index in [0.29, 0.717) is 6.61 Å². The van der Waals surface area contributed by atoms with Gasteiger partial charge in [0.25, 0.3) is 0 Å². The second-order valence-electron chi connectivity index (χ2n) is 2.77. The Labute approximate surface area is 64.4 Å². The van der Waals surface area contributed by atoms with Crippen molar-refractivity contribution >= 4 is 6.16 Å². The Morgan fingerprint density at radius 3 is 3.09 bits per heavy atom. The van der Waals surface area contributed by atoms with Crippen LogP contribution in [0.5, 0.6) is 0 Å². The van der Waals surface area contributed by atoms with Crippen molar-refractivity contribution < 1.29 is 19.0 Å². The van der Waals surface area contributed by atoms with Gasteiger partial charge >= 0.3 is 6.16 Å². The monoisotopic (exact) mass is 158 g/mol. The molecule has 2 fully saturated rings. The van der Waals surface area contributed by atoms with Crippen molar-refractivity contribution in [1.82, 2.24) is 0 Å². The normalized spacial score (nSPS) is 41.5. The van der Waals surface area contributed by atoms with Gasteiger partial charge in [0.05, 0.1) is 12.7 Å². The zero-order chi connectivity index (χ0) is 7.84. The fourth-order valence-corrected chi connectivity index (χ4v) is 1.51. The molecule has 0 radical (unpaired) electrons. The topological polar surface area (TPSA) is 44.8 Å². The molecule has 3 atom stereocenters. The van der Waals surface area contributed by atoms with E-state index in [2.05, 4.69) is 0 Å². The first kappa shape index (κ1) is 6.91. The highest BCUT2D eigenvalue weighted by Crippen LogP contribution is 2.28. The van der Waals surface area contributed by atoms with Crippen LogP contribution in [0.15, 0.2) is 0 Å². The predicted octanol–water partition coefficient (Wildman–Crippen LogP) is 0.699. The zero-order valence-corrected chi connectivity index (χ0v) is 6.28. The van der Waals surface area contributed by atoms with Crippen molar-refractivity contribution in [3.8, 4) is 0 Å². The van der Waals surface area contributed by atoms with Gasteiger partial charge in [0, 0.05) is 0 Å². The molecule has 2 heterocycles. The maximum absolute atomic E-state index is 10.6. The number of ether oxygens (including phenoxy) is 3. The van der Waals surface area contributed by atoms with Crippen LogP contribution in [0.25, 0.3) is 0 Å². The van der Waals surface area contributed by atoms with E-state index in [-0.39, 0.29) is 18.3 Å². The highest BCUT2D eigenvalue weighted by Gasteiger charge is 2.47. The summed E-state index contributed by atoms with van der Waals surface area (Å²) < 4.78 is 15.0. The highest BCUT2D eigenvalue weighted by atomic mass is 16.8. The van der Waals surface area contributed by atoms with E-state index in [1.165, 1.54) is 0 Å². The third-order valence-electron chi connectivity index (χ3n) is 2.09. The van der Waals surface area contributed by atoms with Crippen molar-refractivity contribution in [2.24, 2.45) is 0 Å². The molecule has 0 aromatic heterocycles. The molecular weight excluding hydrogens is 148 g/mol. The maximum Gasteiger partial charge on any atom is 0.509 e. The molecule has 4 nitrogen and oxygen atoms in total. The van der Waals surface area contributed by atoms with Gasteiger partial charge in [-0.3, -0.25) is 0 Å². The molecular formula is C7H10O4. The number of carbonyl (C=O) groups excluding carboxylic acids is 1. The smallest absolute Gasteiger partial charge is 0.424 e. The Kier molecular flexibility index (Phi) is 1.49. The summed E-state index contributed by atoms with van der Waals surface area (Å²) in [6, 6.07) is 0. The van der Waals surface area contributed by atoms with Gasteiger partial charge in [-0.2, -0.15) is 0 Å². The zero-order valence-electron chi connectivity index (χ0n) is 6.28. The van der Waals surface area contributed by atoms with E-state index in [4.69, 9.17) is 14.2 Å². The van der Waals surface area contributed by atoms with Crippen LogP contribution < -0.4 is 0 Å². The second-order valence-corrected chi connectivity index (χ2v) is 2.77. The first-order chi connectivity index (χ1) is 5.31. The fraction of sp³-hybridized carbons (Fsp3) is 0.857. The lowest BCUT2D eigenvalue weighted by Crippen LogP contribution is -2.26. The van der Waals surface area contributed by atoms with Gasteiger partial charge < -0.3 is 14.2 Å². The lowest BCUT2D eigenvalue weighted by atomic mass is 10.1. The minimum atomic E-state index is -0.554. The predicted molar refractivity (Wildman–Crippen MR) is 35.2 cm³/mol. The van der Waals surface area contributed by atoms with Gasteiger partial charge in [0.1, 0.15) is 0 Å². The number of fused-ring (bicyclic) bond motifs is 1. The van der Waals surface area contributed by atoms with Crippen LogP contribution in [-0.4, -0.2) is 31.1 Å². The molecule has 0 N–H and O–H groups in total. The van der Waals surface area contributed by atoms with Gasteiger partial charge in [0.15, 0.2) is 12.2 Å². The molecule has 2 rings (SSSR count). The molecule has 0 saturated carbocycles. The minimum Gasteiger partial charge on any atom is -0.424 e. The maximum atomic E-state index is 10.6. The molecule has 62 valence electrons. The summed E-state index contributed by atoms with van der Waals surface area (Å²) in [6.07, 6.45) is 0.0193. The molecule has 11 heavy (non-hydrogen) atoms. The highest BCUT2D eigenvalue weighted by molar-refractivity contribution is 5.62. The number of carbonyl (C=O) groups is 1. The van der Waals surface area contributed by atoms with Crippen LogP contribution in [0.1, 0.15) is 13.3 Å². The molecule has 0 aromatic carbocycles. The van der Waals surface area contributed by atoms with E-state index in [0.717, 1.165) is 6.42 Å². The Bertz CT molecular complexity index is 179. The number of hydrogen-bond donors (Lipinski definition) is 0. The third-order valence-corrected chi connectivity index (χ3v) is 2.09. The average molecular weight is 158 g/mol. The van der Waals surface area contributed by atoms with E-state index in [9.17, 15) is 4.79 Å². The van der Waals surface area contributed by atoms with Gasteiger partial charge in [-0.05, 0) is 6.42 Å². The van der Waals surface area contributed by atoms with Crippen LogP contribution in [0.3, 0.4) is 0 Å². The Morgan fingerprint density at radius 1 is 1.55 bits per heavy atom. The molecule has 4 heteroatoms. The summed E-state index contributed by atoms with van der Waals surface area (Å²) in [7, 11) is 0. The Balaban J connectivity index is 2.07. The van der Waals surface area contributed by atoms with Crippen LogP contribution in [-0.2, 0) is 14.2 Å². The summed E-state index contributed by atoms with van der Waals surface area (Å²) in [5.74, 6) is 0. The molecule has 0 aromatic rings. The number of hydrogen-bond acceptors (Lipinski definition) is 4. The molecule has 0 spiro atoms. The summed E-state index contributed by atoms with van der Waals surface area (Å²) in [5.41, 5.74) is 0. The largest absolute Gasteiger partial charge is 0.509 e. The first-order valence-electron chi connectivity index (χ1n) is 3.80. The van der Waals surface area contributed by atoms with Crippen molar-refractivity contribution in [3.05, 3.63) is 0 Å². The molecule has 0 bridgehead atoms. The second kappa shape index (κ2) is 2.37. The summed E-state index contributed by atoms with van der Waals surface area (Å²) in [6.45, 7) is 2.48. The third kappa shape index (κ3) is 0.976. The standard InChI is InChI=1S/C7H10O4/c1-2-4-6-5(3-9-4)10-7(8)11-6/h4-6H,2-3H2,1H3. The molecule has 0 aliphatic carbocycles. The van der Waals surface area contributed by atoms with Crippen molar-refractivity contribution in [2.45, 2.75) is 31.7 Å². The minimum absolute atomic E-state index is 0.0337. The van der Waals surface area contributed by atoms with E-state index in [1.54, 1.807) is 0 Å². The Morgan fingerprint density at radius 2 is 2.36 bits per heavy atom. The molecule has 2 aliphatic heterocycles. The molecule has 3 unspecified atom stereocenters. The first-order valence-corrected chi connectivity index (χ1v) is 3.80. The Hall–Kier alpha value is -0.770. The summed E-state index contributed by atoms with van der Waals surface area (Å²) in [4.78, 5) is 10.6. The lowest BCUT2D eigenvalue weighted by Gasteiger charge is -2.10. The van der Waals surface area contributed by atoms with Crippen molar-refractivity contribution in [1.29, 1.82) is 0 Å². The van der Waals surface area contributed by atoms with Crippen molar-refractivity contribution in [2.75, 3.05) is 6.61 Å². The van der Waals surface area contributed by atoms with Crippen LogP contribution in [0.4, 0.5) is 4.79 Å². The van der Waals surface area contributed by atoms with Gasteiger partial charge in [0.2, 0.25) is 0 Å². The molecule has 2 aliphatic rings. The van der Waals surface area contributed by atoms with Crippen molar-refractivity contribution in [3.63, 3.8) is 0 Å². The van der Waals surface area contributed by atoms with Crippen LogP contribution >= 0.6 is 0 Å². The molecule has 0 amide bonds. The summed E-state index contributed by atoms with van der Waals surface area (Å²) in [5, 5.41) is 0. The van der Waals surface area contributed by atoms with Gasteiger partial charge in [-0.25, -0.2) is 4.79 Å². The summed E-state index contributed by atoms with van der Waals surface area (Å²) >= 11 is 0. The van der Waals surface area contributed by atoms with E-state index < -0.39 is 6.16 Å². The van der Waals surface area contributed by atoms with Gasteiger partial charge in [-0.15, -0.1) is 0 Å². The SMILES string of the molecule is CCC1OCC2OC(=O)OC12. The van der Waals surface area contributed by atoms with Crippen LogP contribution in [0, 0.1) is 0 Å². The number of rotatable bonds is 1. The lowest BCUT2D eigenvalue weighted by molar-refractivity contribution is 0.0180. The molecule has 2 saturated heterocycles. The fourth-order valence-electron chi connectivity index (χ4n) is 1.51. The van der Waals surface area contributed by atoms with E-state index >= 15 is 0 Å². The van der Waals surface area contributed by atoms with Gasteiger partial charge in [-0.1, -0.05) is 6.92 Å². The average Bonchev–Trinajstić information content (AvgIpc) is 2.45. The van der Waals surface area contributed by atoms with Crippen LogP contribution in [0.2, 0.25) is 0 Å².